The molecule has 5 heteroatoms. The van der Waals surface area contributed by atoms with Gasteiger partial charge in [-0.2, -0.15) is 0 Å². The normalized spacial score (nSPS) is 11.1. The van der Waals surface area contributed by atoms with Gasteiger partial charge in [0.2, 0.25) is 0 Å². The second-order valence-electron chi connectivity index (χ2n) is 4.49. The lowest BCUT2D eigenvalue weighted by molar-refractivity contribution is 0.0468. The second kappa shape index (κ2) is 5.14. The Morgan fingerprint density at radius 3 is 2.71 bits per heavy atom. The van der Waals surface area contributed by atoms with E-state index in [2.05, 4.69) is 10.3 Å². The van der Waals surface area contributed by atoms with Gasteiger partial charge in [0, 0.05) is 14.1 Å². The molecule has 1 rings (SSSR count). The predicted octanol–water partition coefficient (Wildman–Crippen LogP) is 0.966. The topological polar surface area (TPSA) is 65.5 Å². The van der Waals surface area contributed by atoms with E-state index in [1.807, 2.05) is 0 Å². The van der Waals surface area contributed by atoms with Crippen molar-refractivity contribution in [1.82, 2.24) is 9.88 Å². The minimum Gasteiger partial charge on any atom is -0.394 e. The van der Waals surface area contributed by atoms with Crippen LogP contribution >= 0.6 is 0 Å². The number of aromatic nitrogens is 1. The van der Waals surface area contributed by atoms with Crippen LogP contribution in [0.3, 0.4) is 0 Å². The van der Waals surface area contributed by atoms with Crippen molar-refractivity contribution in [3.63, 3.8) is 0 Å². The van der Waals surface area contributed by atoms with E-state index in [0.29, 0.717) is 11.5 Å². The van der Waals surface area contributed by atoms with Crippen LogP contribution < -0.4 is 5.32 Å². The lowest BCUT2D eigenvalue weighted by Crippen LogP contribution is -2.47. The molecule has 0 aliphatic rings. The summed E-state index contributed by atoms with van der Waals surface area (Å²) in [6.45, 7) is 3.50. The highest BCUT2D eigenvalue weighted by Crippen LogP contribution is 2.15. The number of pyridine rings is 1. The minimum absolute atomic E-state index is 0.0963. The van der Waals surface area contributed by atoms with Crippen LogP contribution in [-0.2, 0) is 0 Å². The summed E-state index contributed by atoms with van der Waals surface area (Å²) in [6, 6.07) is 5.22. The average molecular weight is 237 g/mol. The molecule has 0 aromatic carbocycles. The molecule has 1 amide bonds. The van der Waals surface area contributed by atoms with Gasteiger partial charge < -0.3 is 15.3 Å². The Balaban J connectivity index is 2.96. The number of carbonyl (C=O) groups is 1. The summed E-state index contributed by atoms with van der Waals surface area (Å²) >= 11 is 0. The standard InChI is InChI=1S/C12H19N3O2/c1-12(2,8-16)15(4)11(17)9-6-5-7-10(13-3)14-9/h5-7,16H,8H2,1-4H3,(H,13,14). The van der Waals surface area contributed by atoms with Crippen molar-refractivity contribution in [2.45, 2.75) is 19.4 Å². The Kier molecular flexibility index (Phi) is 4.07. The van der Waals surface area contributed by atoms with Crippen LogP contribution in [0.5, 0.6) is 0 Å². The molecule has 0 bridgehead atoms. The number of hydrogen-bond donors (Lipinski definition) is 2. The summed E-state index contributed by atoms with van der Waals surface area (Å²) in [7, 11) is 3.41. The maximum Gasteiger partial charge on any atom is 0.272 e. The Labute approximate surface area is 101 Å². The first-order chi connectivity index (χ1) is 7.92. The van der Waals surface area contributed by atoms with Gasteiger partial charge in [-0.15, -0.1) is 0 Å². The number of rotatable bonds is 4. The van der Waals surface area contributed by atoms with Crippen LogP contribution in [0, 0.1) is 0 Å². The fourth-order valence-corrected chi connectivity index (χ4v) is 1.25. The van der Waals surface area contributed by atoms with Gasteiger partial charge in [-0.3, -0.25) is 4.79 Å². The Morgan fingerprint density at radius 1 is 1.53 bits per heavy atom. The molecule has 0 aliphatic heterocycles. The molecule has 0 radical (unpaired) electrons. The predicted molar refractivity (Wildman–Crippen MR) is 67.0 cm³/mol. The molecule has 0 spiro atoms. The number of aliphatic hydroxyl groups is 1. The van der Waals surface area contributed by atoms with Crippen molar-refractivity contribution in [2.75, 3.05) is 26.0 Å². The zero-order valence-corrected chi connectivity index (χ0v) is 10.7. The van der Waals surface area contributed by atoms with Gasteiger partial charge in [0.25, 0.3) is 5.91 Å². The van der Waals surface area contributed by atoms with Crippen LogP contribution in [-0.4, -0.2) is 47.1 Å². The van der Waals surface area contributed by atoms with Crippen LogP contribution in [0.25, 0.3) is 0 Å². The van der Waals surface area contributed by atoms with Crippen LogP contribution in [0.15, 0.2) is 18.2 Å². The summed E-state index contributed by atoms with van der Waals surface area (Å²) in [6.07, 6.45) is 0. The van der Waals surface area contributed by atoms with Gasteiger partial charge in [0.1, 0.15) is 11.5 Å². The smallest absolute Gasteiger partial charge is 0.272 e. The highest BCUT2D eigenvalue weighted by molar-refractivity contribution is 5.93. The number of amides is 1. The van der Waals surface area contributed by atoms with E-state index in [4.69, 9.17) is 0 Å². The molecular formula is C12H19N3O2. The molecule has 0 fully saturated rings. The number of anilines is 1. The van der Waals surface area contributed by atoms with E-state index in [-0.39, 0.29) is 12.5 Å². The summed E-state index contributed by atoms with van der Waals surface area (Å²) in [5.74, 6) is 0.437. The fourth-order valence-electron chi connectivity index (χ4n) is 1.25. The summed E-state index contributed by atoms with van der Waals surface area (Å²) < 4.78 is 0. The van der Waals surface area contributed by atoms with E-state index in [1.54, 1.807) is 46.1 Å². The van der Waals surface area contributed by atoms with Crippen LogP contribution in [0.2, 0.25) is 0 Å². The molecule has 17 heavy (non-hydrogen) atoms. The van der Waals surface area contributed by atoms with Crippen molar-refractivity contribution >= 4 is 11.7 Å². The summed E-state index contributed by atoms with van der Waals surface area (Å²) in [4.78, 5) is 17.8. The van der Waals surface area contributed by atoms with Crippen molar-refractivity contribution in [1.29, 1.82) is 0 Å². The lowest BCUT2D eigenvalue weighted by atomic mass is 10.0. The molecule has 94 valence electrons. The Morgan fingerprint density at radius 2 is 2.18 bits per heavy atom. The largest absolute Gasteiger partial charge is 0.394 e. The van der Waals surface area contributed by atoms with E-state index in [1.165, 1.54) is 4.90 Å². The highest BCUT2D eigenvalue weighted by Gasteiger charge is 2.28. The first-order valence-corrected chi connectivity index (χ1v) is 5.46. The summed E-state index contributed by atoms with van der Waals surface area (Å²) in [5, 5.41) is 12.1. The van der Waals surface area contributed by atoms with E-state index in [0.717, 1.165) is 0 Å². The minimum atomic E-state index is -0.603. The lowest BCUT2D eigenvalue weighted by Gasteiger charge is -2.33. The Hall–Kier alpha value is -1.62. The van der Waals surface area contributed by atoms with Crippen molar-refractivity contribution < 1.29 is 9.90 Å². The highest BCUT2D eigenvalue weighted by atomic mass is 16.3. The zero-order chi connectivity index (χ0) is 13.1. The van der Waals surface area contributed by atoms with Gasteiger partial charge in [-0.25, -0.2) is 4.98 Å². The molecule has 0 unspecified atom stereocenters. The molecule has 0 saturated carbocycles. The van der Waals surface area contributed by atoms with E-state index >= 15 is 0 Å². The van der Waals surface area contributed by atoms with Gasteiger partial charge >= 0.3 is 0 Å². The number of nitrogens with one attached hydrogen (secondary N) is 1. The number of hydrogen-bond acceptors (Lipinski definition) is 4. The monoisotopic (exact) mass is 237 g/mol. The third kappa shape index (κ3) is 2.94. The van der Waals surface area contributed by atoms with Crippen molar-refractivity contribution in [2.24, 2.45) is 0 Å². The van der Waals surface area contributed by atoms with Gasteiger partial charge in [0.15, 0.2) is 0 Å². The van der Waals surface area contributed by atoms with Crippen molar-refractivity contribution in [3.05, 3.63) is 23.9 Å². The maximum absolute atomic E-state index is 12.1. The SMILES string of the molecule is CNc1cccc(C(=O)N(C)C(C)(C)CO)n1. The molecule has 0 atom stereocenters. The molecule has 2 N–H and O–H groups in total. The number of nitrogens with zero attached hydrogens (tertiary/aromatic N) is 2. The van der Waals surface area contributed by atoms with Crippen molar-refractivity contribution in [3.8, 4) is 0 Å². The van der Waals surface area contributed by atoms with Crippen LogP contribution in [0.1, 0.15) is 24.3 Å². The van der Waals surface area contributed by atoms with E-state index in [9.17, 15) is 9.90 Å². The third-order valence-electron chi connectivity index (χ3n) is 2.82. The molecule has 1 heterocycles. The maximum atomic E-state index is 12.1. The van der Waals surface area contributed by atoms with Gasteiger partial charge in [-0.05, 0) is 26.0 Å². The molecule has 1 aromatic rings. The zero-order valence-electron chi connectivity index (χ0n) is 10.7. The van der Waals surface area contributed by atoms with E-state index < -0.39 is 5.54 Å². The van der Waals surface area contributed by atoms with Gasteiger partial charge in [0.05, 0.1) is 12.1 Å². The summed E-state index contributed by atoms with van der Waals surface area (Å²) in [5.41, 5.74) is -0.241. The number of carbonyl (C=O) groups excluding carboxylic acids is 1. The molecule has 0 saturated heterocycles. The Bertz CT molecular complexity index is 404. The first kappa shape index (κ1) is 13.4. The van der Waals surface area contributed by atoms with Crippen LogP contribution in [0.4, 0.5) is 5.82 Å². The quantitative estimate of drug-likeness (QED) is 0.819. The molecule has 5 nitrogen and oxygen atoms in total. The number of likely N-dealkylation sites (N-methyl/N-ethyl adjacent to an activating group) is 1. The first-order valence-electron chi connectivity index (χ1n) is 5.46. The third-order valence-corrected chi connectivity index (χ3v) is 2.82. The molecular weight excluding hydrogens is 218 g/mol. The fraction of sp³-hybridized carbons (Fsp3) is 0.500. The molecule has 0 aliphatic carbocycles. The number of aliphatic hydroxyl groups excluding tert-OH is 1. The second-order valence-corrected chi connectivity index (χ2v) is 4.49. The van der Waals surface area contributed by atoms with Gasteiger partial charge in [-0.1, -0.05) is 6.07 Å². The average Bonchev–Trinajstić information content (AvgIpc) is 2.37. The molecule has 1 aromatic heterocycles.